The van der Waals surface area contributed by atoms with E-state index < -0.39 is 5.97 Å². The molecule has 2 rings (SSSR count). The number of carbonyl (C=O) groups is 1. The van der Waals surface area contributed by atoms with Gasteiger partial charge in [-0.1, -0.05) is 0 Å². The van der Waals surface area contributed by atoms with Crippen molar-refractivity contribution >= 4 is 17.2 Å². The third kappa shape index (κ3) is 2.14. The lowest BCUT2D eigenvalue weighted by atomic mass is 10.3. The summed E-state index contributed by atoms with van der Waals surface area (Å²) in [7, 11) is 1.33. The predicted molar refractivity (Wildman–Crippen MR) is 68.3 cm³/mol. The zero-order valence-electron chi connectivity index (χ0n) is 10.2. The van der Waals surface area contributed by atoms with E-state index in [0.717, 1.165) is 12.2 Å². The van der Waals surface area contributed by atoms with Gasteiger partial charge >= 0.3 is 5.97 Å². The number of hydrogen-bond donors (Lipinski definition) is 2. The average molecular weight is 248 g/mol. The number of imidazole rings is 1. The van der Waals surface area contributed by atoms with Crippen molar-refractivity contribution in [3.05, 3.63) is 29.8 Å². The fraction of sp³-hybridized carbons (Fsp3) is 0.333. The zero-order chi connectivity index (χ0) is 13.1. The summed E-state index contributed by atoms with van der Waals surface area (Å²) in [6.45, 7) is 0.581. The number of esters is 1. The van der Waals surface area contributed by atoms with E-state index in [1.165, 1.54) is 7.11 Å². The first-order valence-electron chi connectivity index (χ1n) is 5.72. The average Bonchev–Trinajstić information content (AvgIpc) is 2.73. The van der Waals surface area contributed by atoms with Crippen LogP contribution in [0.2, 0.25) is 0 Å². The molecule has 0 saturated heterocycles. The van der Waals surface area contributed by atoms with Gasteiger partial charge in [0.1, 0.15) is 5.82 Å². The van der Waals surface area contributed by atoms with Crippen LogP contribution >= 0.6 is 0 Å². The highest BCUT2D eigenvalue weighted by Crippen LogP contribution is 2.18. The van der Waals surface area contributed by atoms with Gasteiger partial charge in [0.05, 0.1) is 12.6 Å². The number of methoxy groups -OCH3 is 1. The number of nitrogen functional groups attached to an aromatic ring is 1. The van der Waals surface area contributed by atoms with Crippen LogP contribution in [0, 0.1) is 0 Å². The number of anilines is 1. The molecule has 0 atom stereocenters. The van der Waals surface area contributed by atoms with Crippen molar-refractivity contribution in [2.45, 2.75) is 12.8 Å². The Morgan fingerprint density at radius 3 is 3.00 bits per heavy atom. The number of nitrogens with two attached hydrogens (primary N) is 2. The van der Waals surface area contributed by atoms with Gasteiger partial charge < -0.3 is 20.6 Å². The molecular weight excluding hydrogens is 232 g/mol. The van der Waals surface area contributed by atoms with Crippen molar-refractivity contribution in [1.29, 1.82) is 0 Å². The number of nitrogens with zero attached hydrogens (tertiary/aromatic N) is 2. The largest absolute Gasteiger partial charge is 0.464 e. The molecule has 0 unspecified atom stereocenters. The minimum atomic E-state index is -0.461. The summed E-state index contributed by atoms with van der Waals surface area (Å²) in [4.78, 5) is 16.0. The van der Waals surface area contributed by atoms with E-state index in [0.29, 0.717) is 24.2 Å². The maximum atomic E-state index is 11.7. The lowest BCUT2D eigenvalue weighted by Gasteiger charge is -2.01. The van der Waals surface area contributed by atoms with Crippen molar-refractivity contribution in [3.8, 4) is 0 Å². The number of pyridine rings is 1. The molecule has 2 aromatic heterocycles. The van der Waals surface area contributed by atoms with Gasteiger partial charge in [0.25, 0.3) is 0 Å². The Morgan fingerprint density at radius 1 is 1.56 bits per heavy atom. The highest BCUT2D eigenvalue weighted by atomic mass is 16.5. The van der Waals surface area contributed by atoms with E-state index in [1.54, 1.807) is 18.3 Å². The van der Waals surface area contributed by atoms with Gasteiger partial charge in [-0.2, -0.15) is 0 Å². The molecule has 0 aliphatic heterocycles. The molecule has 0 bridgehead atoms. The molecule has 4 N–H and O–H groups in total. The summed E-state index contributed by atoms with van der Waals surface area (Å²) in [6.07, 6.45) is 3.32. The maximum absolute atomic E-state index is 11.7. The topological polar surface area (TPSA) is 95.6 Å². The Morgan fingerprint density at radius 2 is 2.33 bits per heavy atom. The van der Waals surface area contributed by atoms with E-state index in [4.69, 9.17) is 16.2 Å². The lowest BCUT2D eigenvalue weighted by molar-refractivity contribution is 0.0597. The van der Waals surface area contributed by atoms with Gasteiger partial charge in [-0.3, -0.25) is 0 Å². The molecular formula is C12H16N4O2. The third-order valence-corrected chi connectivity index (χ3v) is 2.72. The first-order valence-corrected chi connectivity index (χ1v) is 5.72. The van der Waals surface area contributed by atoms with Crippen LogP contribution in [0.25, 0.3) is 5.52 Å². The Hall–Kier alpha value is -2.08. The van der Waals surface area contributed by atoms with Gasteiger partial charge in [-0.25, -0.2) is 9.78 Å². The summed E-state index contributed by atoms with van der Waals surface area (Å²) < 4.78 is 6.57. The van der Waals surface area contributed by atoms with Crippen molar-refractivity contribution in [2.75, 3.05) is 19.4 Å². The first kappa shape index (κ1) is 12.4. The van der Waals surface area contributed by atoms with Crippen LogP contribution < -0.4 is 11.5 Å². The van der Waals surface area contributed by atoms with Crippen molar-refractivity contribution < 1.29 is 9.53 Å². The van der Waals surface area contributed by atoms with E-state index in [-0.39, 0.29) is 5.69 Å². The van der Waals surface area contributed by atoms with E-state index in [9.17, 15) is 4.79 Å². The standard InChI is InChI=1S/C12H16N4O2/c1-18-12(17)11-9-7-8(14)4-6-16(9)10(15-11)3-2-5-13/h4,6-7H,2-3,5,13-14H2,1H3. The van der Waals surface area contributed by atoms with Crippen LogP contribution in [-0.4, -0.2) is 29.0 Å². The highest BCUT2D eigenvalue weighted by molar-refractivity contribution is 5.95. The summed E-state index contributed by atoms with van der Waals surface area (Å²) >= 11 is 0. The van der Waals surface area contributed by atoms with Crippen molar-refractivity contribution in [2.24, 2.45) is 5.73 Å². The minimum Gasteiger partial charge on any atom is -0.464 e. The molecule has 0 amide bonds. The molecule has 18 heavy (non-hydrogen) atoms. The second kappa shape index (κ2) is 5.05. The van der Waals surface area contributed by atoms with Gasteiger partial charge in [0.15, 0.2) is 5.69 Å². The van der Waals surface area contributed by atoms with Crippen LogP contribution in [0.4, 0.5) is 5.69 Å². The van der Waals surface area contributed by atoms with Crippen LogP contribution in [0.1, 0.15) is 22.7 Å². The number of aryl methyl sites for hydroxylation is 1. The molecule has 0 aromatic carbocycles. The molecule has 2 heterocycles. The molecule has 0 saturated carbocycles. The monoisotopic (exact) mass is 248 g/mol. The minimum absolute atomic E-state index is 0.289. The fourth-order valence-corrected chi connectivity index (χ4v) is 1.85. The molecule has 2 aromatic rings. The second-order valence-corrected chi connectivity index (χ2v) is 3.98. The molecule has 0 aliphatic carbocycles. The molecule has 6 heteroatoms. The molecule has 0 spiro atoms. The van der Waals surface area contributed by atoms with Gasteiger partial charge in [-0.05, 0) is 25.1 Å². The maximum Gasteiger partial charge on any atom is 0.358 e. The summed E-state index contributed by atoms with van der Waals surface area (Å²) in [5.74, 6) is 0.327. The quantitative estimate of drug-likeness (QED) is 0.772. The number of rotatable bonds is 4. The number of aromatic nitrogens is 2. The first-order chi connectivity index (χ1) is 8.67. The third-order valence-electron chi connectivity index (χ3n) is 2.72. The van der Waals surface area contributed by atoms with Crippen molar-refractivity contribution in [3.63, 3.8) is 0 Å². The van der Waals surface area contributed by atoms with Crippen LogP contribution in [0.15, 0.2) is 18.3 Å². The number of ether oxygens (including phenoxy) is 1. The summed E-state index contributed by atoms with van der Waals surface area (Å²) in [5.41, 5.74) is 12.8. The molecule has 96 valence electrons. The van der Waals surface area contributed by atoms with E-state index in [1.807, 2.05) is 4.40 Å². The Bertz CT molecular complexity index is 577. The Balaban J connectivity index is 2.56. The summed E-state index contributed by atoms with van der Waals surface area (Å²) in [6, 6.07) is 3.48. The van der Waals surface area contributed by atoms with Gasteiger partial charge in [-0.15, -0.1) is 0 Å². The predicted octanol–water partition coefficient (Wildman–Crippen LogP) is 0.594. The normalized spacial score (nSPS) is 10.8. The summed E-state index contributed by atoms with van der Waals surface area (Å²) in [5, 5.41) is 0. The van der Waals surface area contributed by atoms with Gasteiger partial charge in [0, 0.05) is 18.3 Å². The van der Waals surface area contributed by atoms with E-state index >= 15 is 0 Å². The van der Waals surface area contributed by atoms with Gasteiger partial charge in [0.2, 0.25) is 0 Å². The Kier molecular flexibility index (Phi) is 3.47. The zero-order valence-corrected chi connectivity index (χ0v) is 10.2. The molecule has 6 nitrogen and oxygen atoms in total. The molecule has 0 aliphatic rings. The van der Waals surface area contributed by atoms with Crippen LogP contribution in [0.3, 0.4) is 0 Å². The number of hydrogen-bond acceptors (Lipinski definition) is 5. The highest BCUT2D eigenvalue weighted by Gasteiger charge is 2.17. The van der Waals surface area contributed by atoms with Crippen molar-refractivity contribution in [1.82, 2.24) is 9.38 Å². The molecule has 0 radical (unpaired) electrons. The smallest absolute Gasteiger partial charge is 0.358 e. The van der Waals surface area contributed by atoms with Crippen LogP contribution in [0.5, 0.6) is 0 Å². The lowest BCUT2D eigenvalue weighted by Crippen LogP contribution is -2.04. The Labute approximate surface area is 105 Å². The number of carbonyl (C=O) groups excluding carboxylic acids is 1. The molecule has 0 fully saturated rings. The number of fused-ring (bicyclic) bond motifs is 1. The van der Waals surface area contributed by atoms with E-state index in [2.05, 4.69) is 4.98 Å². The SMILES string of the molecule is COC(=O)c1nc(CCCN)n2ccc(N)cc12. The van der Waals surface area contributed by atoms with Crippen LogP contribution in [-0.2, 0) is 11.2 Å². The fourth-order valence-electron chi connectivity index (χ4n) is 1.85. The second-order valence-electron chi connectivity index (χ2n) is 3.98.